The summed E-state index contributed by atoms with van der Waals surface area (Å²) in [5.41, 5.74) is 2.72. The highest BCUT2D eigenvalue weighted by molar-refractivity contribution is 5.34. The van der Waals surface area contributed by atoms with Gasteiger partial charge in [0.05, 0.1) is 4.92 Å². The topological polar surface area (TPSA) is 49.6 Å². The number of non-ortho nitro benzene ring substituents is 1. The SMILES string of the molecule is O=[N+]([O-])c1cccc(CN2CCN(C3CCC(c4ccccc4)CC3)CC2)c1. The fourth-order valence-corrected chi connectivity index (χ4v) is 4.81. The van der Waals surface area contributed by atoms with Crippen LogP contribution in [0.2, 0.25) is 0 Å². The summed E-state index contributed by atoms with van der Waals surface area (Å²) in [5, 5.41) is 11.0. The molecule has 148 valence electrons. The van der Waals surface area contributed by atoms with Gasteiger partial charge in [0.25, 0.3) is 5.69 Å². The van der Waals surface area contributed by atoms with E-state index in [0.717, 1.165) is 50.2 Å². The molecule has 0 amide bonds. The van der Waals surface area contributed by atoms with Gasteiger partial charge >= 0.3 is 0 Å². The lowest BCUT2D eigenvalue weighted by molar-refractivity contribution is -0.384. The van der Waals surface area contributed by atoms with E-state index in [-0.39, 0.29) is 10.6 Å². The molecule has 5 heteroatoms. The Morgan fingerprint density at radius 2 is 1.61 bits per heavy atom. The molecule has 0 radical (unpaired) electrons. The molecular weight excluding hydrogens is 350 g/mol. The zero-order valence-electron chi connectivity index (χ0n) is 16.4. The minimum Gasteiger partial charge on any atom is -0.298 e. The van der Waals surface area contributed by atoms with E-state index in [9.17, 15) is 10.1 Å². The number of nitrogens with zero attached hydrogens (tertiary/aromatic N) is 3. The second-order valence-electron chi connectivity index (χ2n) is 8.16. The second kappa shape index (κ2) is 8.84. The van der Waals surface area contributed by atoms with Crippen molar-refractivity contribution in [2.24, 2.45) is 0 Å². The van der Waals surface area contributed by atoms with E-state index in [1.54, 1.807) is 18.2 Å². The maximum absolute atomic E-state index is 11.0. The largest absolute Gasteiger partial charge is 0.298 e. The molecule has 4 rings (SSSR count). The van der Waals surface area contributed by atoms with Gasteiger partial charge in [0.2, 0.25) is 0 Å². The van der Waals surface area contributed by atoms with Crippen LogP contribution in [-0.4, -0.2) is 46.9 Å². The van der Waals surface area contributed by atoms with Gasteiger partial charge in [-0.05, 0) is 42.7 Å². The summed E-state index contributed by atoms with van der Waals surface area (Å²) in [6.07, 6.45) is 5.18. The van der Waals surface area contributed by atoms with E-state index in [1.807, 2.05) is 6.07 Å². The van der Waals surface area contributed by atoms with Crippen LogP contribution in [0.15, 0.2) is 54.6 Å². The Hall–Kier alpha value is -2.24. The Labute approximate surface area is 167 Å². The molecule has 2 aromatic rings. The van der Waals surface area contributed by atoms with Crippen molar-refractivity contribution >= 4 is 5.69 Å². The fraction of sp³-hybridized carbons (Fsp3) is 0.478. The molecule has 5 nitrogen and oxygen atoms in total. The van der Waals surface area contributed by atoms with Crippen LogP contribution in [0.25, 0.3) is 0 Å². The molecule has 2 aromatic carbocycles. The number of benzene rings is 2. The van der Waals surface area contributed by atoms with Gasteiger partial charge in [-0.2, -0.15) is 0 Å². The molecule has 0 bridgehead atoms. The molecule has 1 heterocycles. The van der Waals surface area contributed by atoms with Crippen molar-refractivity contribution < 1.29 is 4.92 Å². The van der Waals surface area contributed by atoms with Crippen LogP contribution >= 0.6 is 0 Å². The maximum atomic E-state index is 11.0. The Kier molecular flexibility index (Phi) is 6.03. The normalized spacial score (nSPS) is 24.1. The predicted octanol–water partition coefficient (Wildman–Crippen LogP) is 4.44. The molecule has 1 saturated carbocycles. The van der Waals surface area contributed by atoms with E-state index in [1.165, 1.54) is 31.2 Å². The first-order chi connectivity index (χ1) is 13.7. The minimum atomic E-state index is -0.312. The number of piperazine rings is 1. The summed E-state index contributed by atoms with van der Waals surface area (Å²) < 4.78 is 0. The first-order valence-electron chi connectivity index (χ1n) is 10.4. The molecule has 0 unspecified atom stereocenters. The van der Waals surface area contributed by atoms with Crippen molar-refractivity contribution in [2.45, 2.75) is 44.2 Å². The molecule has 1 aliphatic heterocycles. The third-order valence-electron chi connectivity index (χ3n) is 6.42. The fourth-order valence-electron chi connectivity index (χ4n) is 4.81. The van der Waals surface area contributed by atoms with Gasteiger partial charge in [0.1, 0.15) is 0 Å². The average molecular weight is 380 g/mol. The van der Waals surface area contributed by atoms with Crippen LogP contribution in [0.3, 0.4) is 0 Å². The number of rotatable bonds is 5. The number of nitro benzene ring substituents is 1. The van der Waals surface area contributed by atoms with Gasteiger partial charge < -0.3 is 0 Å². The van der Waals surface area contributed by atoms with Crippen molar-refractivity contribution in [1.82, 2.24) is 9.80 Å². The van der Waals surface area contributed by atoms with Gasteiger partial charge in [-0.25, -0.2) is 0 Å². The first-order valence-corrected chi connectivity index (χ1v) is 10.4. The van der Waals surface area contributed by atoms with E-state index in [0.29, 0.717) is 0 Å². The van der Waals surface area contributed by atoms with Crippen molar-refractivity contribution in [1.29, 1.82) is 0 Å². The van der Waals surface area contributed by atoms with Crippen molar-refractivity contribution in [2.75, 3.05) is 26.2 Å². The van der Waals surface area contributed by atoms with Gasteiger partial charge in [-0.1, -0.05) is 42.5 Å². The number of hydrogen-bond donors (Lipinski definition) is 0. The smallest absolute Gasteiger partial charge is 0.269 e. The van der Waals surface area contributed by atoms with Crippen LogP contribution in [0, 0.1) is 10.1 Å². The lowest BCUT2D eigenvalue weighted by atomic mass is 9.81. The molecule has 2 fully saturated rings. The van der Waals surface area contributed by atoms with E-state index in [2.05, 4.69) is 40.1 Å². The predicted molar refractivity (Wildman–Crippen MR) is 111 cm³/mol. The monoisotopic (exact) mass is 379 g/mol. The Morgan fingerprint density at radius 1 is 0.893 bits per heavy atom. The molecule has 0 atom stereocenters. The van der Waals surface area contributed by atoms with Crippen molar-refractivity contribution in [3.8, 4) is 0 Å². The van der Waals surface area contributed by atoms with Crippen molar-refractivity contribution in [3.05, 3.63) is 75.8 Å². The minimum absolute atomic E-state index is 0.186. The maximum Gasteiger partial charge on any atom is 0.269 e. The Bertz CT molecular complexity index is 779. The van der Waals surface area contributed by atoms with Crippen LogP contribution in [0.1, 0.15) is 42.7 Å². The lowest BCUT2D eigenvalue weighted by Gasteiger charge is -2.42. The highest BCUT2D eigenvalue weighted by Gasteiger charge is 2.28. The molecule has 0 spiro atoms. The summed E-state index contributed by atoms with van der Waals surface area (Å²) in [7, 11) is 0. The van der Waals surface area contributed by atoms with Crippen LogP contribution in [0.4, 0.5) is 5.69 Å². The number of nitro groups is 1. The third-order valence-corrected chi connectivity index (χ3v) is 6.42. The lowest BCUT2D eigenvalue weighted by Crippen LogP contribution is -2.50. The number of hydrogen-bond acceptors (Lipinski definition) is 4. The summed E-state index contributed by atoms with van der Waals surface area (Å²) in [5.74, 6) is 0.729. The third kappa shape index (κ3) is 4.59. The molecular formula is C23H29N3O2. The van der Waals surface area contributed by atoms with E-state index in [4.69, 9.17) is 0 Å². The van der Waals surface area contributed by atoms with E-state index >= 15 is 0 Å². The summed E-state index contributed by atoms with van der Waals surface area (Å²) in [6.45, 7) is 5.10. The van der Waals surface area contributed by atoms with Crippen LogP contribution in [0.5, 0.6) is 0 Å². The van der Waals surface area contributed by atoms with Gasteiger partial charge in [0, 0.05) is 50.9 Å². The highest BCUT2D eigenvalue weighted by atomic mass is 16.6. The molecule has 0 aromatic heterocycles. The Morgan fingerprint density at radius 3 is 2.29 bits per heavy atom. The summed E-state index contributed by atoms with van der Waals surface area (Å²) in [6, 6.07) is 18.7. The van der Waals surface area contributed by atoms with Gasteiger partial charge in [-0.3, -0.25) is 19.9 Å². The van der Waals surface area contributed by atoms with E-state index < -0.39 is 0 Å². The molecule has 0 N–H and O–H groups in total. The summed E-state index contributed by atoms with van der Waals surface area (Å²) >= 11 is 0. The average Bonchev–Trinajstić information content (AvgIpc) is 2.75. The van der Waals surface area contributed by atoms with Crippen LogP contribution < -0.4 is 0 Å². The molecule has 1 saturated heterocycles. The molecule has 1 aliphatic carbocycles. The van der Waals surface area contributed by atoms with Gasteiger partial charge in [0.15, 0.2) is 0 Å². The highest BCUT2D eigenvalue weighted by Crippen LogP contribution is 2.35. The second-order valence-corrected chi connectivity index (χ2v) is 8.16. The first kappa shape index (κ1) is 19.1. The summed E-state index contributed by atoms with van der Waals surface area (Å²) in [4.78, 5) is 15.7. The van der Waals surface area contributed by atoms with Crippen LogP contribution in [-0.2, 0) is 6.54 Å². The zero-order chi connectivity index (χ0) is 19.3. The molecule has 28 heavy (non-hydrogen) atoms. The Balaban J connectivity index is 1.25. The quantitative estimate of drug-likeness (QED) is 0.569. The zero-order valence-corrected chi connectivity index (χ0v) is 16.4. The standard InChI is InChI=1S/C23H29N3O2/c27-26(28)23-8-4-5-19(17-23)18-24-13-15-25(16-14-24)22-11-9-21(10-12-22)20-6-2-1-3-7-20/h1-8,17,21-22H,9-16,18H2. The van der Waals surface area contributed by atoms with Crippen molar-refractivity contribution in [3.63, 3.8) is 0 Å². The molecule has 2 aliphatic rings. The van der Waals surface area contributed by atoms with Gasteiger partial charge in [-0.15, -0.1) is 0 Å².